The first-order chi connectivity index (χ1) is 17.0. The quantitative estimate of drug-likeness (QED) is 0.528. The van der Waals surface area contributed by atoms with Crippen LogP contribution in [0.15, 0.2) is 88.8 Å². The van der Waals surface area contributed by atoms with E-state index in [0.29, 0.717) is 24.0 Å². The van der Waals surface area contributed by atoms with Crippen molar-refractivity contribution < 1.29 is 9.59 Å². The van der Waals surface area contributed by atoms with E-state index in [1.807, 2.05) is 92.7 Å². The highest BCUT2D eigenvalue weighted by molar-refractivity contribution is 8.15. The van der Waals surface area contributed by atoms with E-state index in [4.69, 9.17) is 9.98 Å². The predicted molar refractivity (Wildman–Crippen MR) is 141 cm³/mol. The average Bonchev–Trinajstić information content (AvgIpc) is 3.25. The summed E-state index contributed by atoms with van der Waals surface area (Å²) in [7, 11) is 0. The molecule has 0 fully saturated rings. The van der Waals surface area contributed by atoms with Crippen molar-refractivity contribution in [1.29, 1.82) is 0 Å². The molecule has 2 aliphatic heterocycles. The van der Waals surface area contributed by atoms with Gasteiger partial charge in [0.05, 0.1) is 10.9 Å². The van der Waals surface area contributed by atoms with Crippen LogP contribution in [0.3, 0.4) is 0 Å². The summed E-state index contributed by atoms with van der Waals surface area (Å²) in [5.74, 6) is 0.359. The zero-order valence-electron chi connectivity index (χ0n) is 19.6. The van der Waals surface area contributed by atoms with Gasteiger partial charge in [-0.15, -0.1) is 0 Å². The molecule has 6 nitrogen and oxygen atoms in total. The minimum Gasteiger partial charge on any atom is -0.351 e. The van der Waals surface area contributed by atoms with Gasteiger partial charge in [0.1, 0.15) is 5.84 Å². The fraction of sp³-hybridized carbons (Fsp3) is 0.214. The van der Waals surface area contributed by atoms with E-state index in [2.05, 4.69) is 5.32 Å². The van der Waals surface area contributed by atoms with Crippen molar-refractivity contribution in [1.82, 2.24) is 10.2 Å². The van der Waals surface area contributed by atoms with Crippen molar-refractivity contribution in [2.75, 3.05) is 0 Å². The molecular formula is C28H26N4O2S. The smallest absolute Gasteiger partial charge is 0.263 e. The Morgan fingerprint density at radius 1 is 1.03 bits per heavy atom. The Morgan fingerprint density at radius 3 is 2.49 bits per heavy atom. The molecule has 176 valence electrons. The average molecular weight is 483 g/mol. The van der Waals surface area contributed by atoms with Crippen LogP contribution in [-0.2, 0) is 16.1 Å². The highest BCUT2D eigenvalue weighted by atomic mass is 32.2. The second-order valence-electron chi connectivity index (χ2n) is 8.57. The van der Waals surface area contributed by atoms with E-state index in [1.54, 1.807) is 4.90 Å². The number of amides is 2. The largest absolute Gasteiger partial charge is 0.351 e. The number of nitrogens with one attached hydrogen (secondary N) is 1. The SMILES string of the molecule is CC[C@H](SC1=Nc2ccccc2C2=N[C@H](c3ccccc3)C(=O)N12)C(=O)NCc1ccc(C)cc1. The molecule has 35 heavy (non-hydrogen) atoms. The maximum atomic E-state index is 13.6. The molecule has 0 bridgehead atoms. The molecule has 0 radical (unpaired) electrons. The Bertz CT molecular complexity index is 1320. The van der Waals surface area contributed by atoms with Gasteiger partial charge in [0.15, 0.2) is 11.2 Å². The number of thioether (sulfide) groups is 1. The van der Waals surface area contributed by atoms with Crippen LogP contribution in [0.5, 0.6) is 0 Å². The second kappa shape index (κ2) is 9.88. The number of carbonyl (C=O) groups is 2. The molecule has 1 N–H and O–H groups in total. The zero-order valence-corrected chi connectivity index (χ0v) is 20.5. The van der Waals surface area contributed by atoms with Crippen molar-refractivity contribution in [2.45, 2.75) is 38.1 Å². The van der Waals surface area contributed by atoms with Gasteiger partial charge in [0, 0.05) is 12.1 Å². The molecule has 0 saturated heterocycles. The maximum absolute atomic E-state index is 13.6. The maximum Gasteiger partial charge on any atom is 0.263 e. The lowest BCUT2D eigenvalue weighted by molar-refractivity contribution is -0.125. The van der Waals surface area contributed by atoms with Gasteiger partial charge >= 0.3 is 0 Å². The molecule has 0 aliphatic carbocycles. The fourth-order valence-electron chi connectivity index (χ4n) is 4.14. The lowest BCUT2D eigenvalue weighted by Crippen LogP contribution is -2.42. The monoisotopic (exact) mass is 482 g/mol. The number of carbonyl (C=O) groups excluding carboxylic acids is 2. The number of benzene rings is 3. The number of fused-ring (bicyclic) bond motifs is 3. The molecule has 0 spiro atoms. The topological polar surface area (TPSA) is 74.1 Å². The van der Waals surface area contributed by atoms with E-state index in [0.717, 1.165) is 22.4 Å². The lowest BCUT2D eigenvalue weighted by atomic mass is 10.1. The predicted octanol–water partition coefficient (Wildman–Crippen LogP) is 5.15. The number of rotatable bonds is 6. The van der Waals surface area contributed by atoms with Crippen molar-refractivity contribution >= 4 is 40.3 Å². The summed E-state index contributed by atoms with van der Waals surface area (Å²) in [4.78, 5) is 37.8. The number of aliphatic imine (C=N–C) groups is 2. The summed E-state index contributed by atoms with van der Waals surface area (Å²) in [6, 6.07) is 24.7. The Hall–Kier alpha value is -3.71. The second-order valence-corrected chi connectivity index (χ2v) is 9.74. The Morgan fingerprint density at radius 2 is 1.74 bits per heavy atom. The van der Waals surface area contributed by atoms with Gasteiger partial charge in [0.25, 0.3) is 5.91 Å². The fourth-order valence-corrected chi connectivity index (χ4v) is 5.18. The first kappa shape index (κ1) is 23.1. The van der Waals surface area contributed by atoms with Crippen LogP contribution in [-0.4, -0.2) is 33.0 Å². The van der Waals surface area contributed by atoms with Crippen LogP contribution >= 0.6 is 11.8 Å². The summed E-state index contributed by atoms with van der Waals surface area (Å²) >= 11 is 1.31. The van der Waals surface area contributed by atoms with Crippen LogP contribution in [0.4, 0.5) is 5.69 Å². The zero-order chi connectivity index (χ0) is 24.4. The van der Waals surface area contributed by atoms with Gasteiger partial charge in [-0.2, -0.15) is 0 Å². The van der Waals surface area contributed by atoms with Crippen LogP contribution in [0.2, 0.25) is 0 Å². The molecule has 2 amide bonds. The van der Waals surface area contributed by atoms with Crippen LogP contribution in [0.1, 0.15) is 41.6 Å². The standard InChI is InChI=1S/C28H26N4O2S/c1-3-23(26(33)29-17-19-15-13-18(2)14-16-19)35-28-30-22-12-8-7-11-21(22)25-31-24(27(34)32(25)28)20-9-5-4-6-10-20/h4-16,23-24H,3,17H2,1-2H3,(H,29,33)/t23-,24+/m0/s1. The third-order valence-corrected chi connectivity index (χ3v) is 7.40. The first-order valence-corrected chi connectivity index (χ1v) is 12.6. The summed E-state index contributed by atoms with van der Waals surface area (Å²) in [5, 5.41) is 3.13. The van der Waals surface area contributed by atoms with E-state index in [9.17, 15) is 9.59 Å². The van der Waals surface area contributed by atoms with Gasteiger partial charge in [-0.25, -0.2) is 14.9 Å². The third-order valence-electron chi connectivity index (χ3n) is 6.08. The van der Waals surface area contributed by atoms with Crippen molar-refractivity contribution in [2.24, 2.45) is 9.98 Å². The number of para-hydroxylation sites is 1. The molecule has 0 saturated carbocycles. The van der Waals surface area contributed by atoms with Gasteiger partial charge in [-0.3, -0.25) is 9.59 Å². The van der Waals surface area contributed by atoms with Crippen LogP contribution in [0, 0.1) is 6.92 Å². The summed E-state index contributed by atoms with van der Waals surface area (Å²) in [6.45, 7) is 4.46. The first-order valence-electron chi connectivity index (χ1n) is 11.7. The molecule has 7 heteroatoms. The van der Waals surface area contributed by atoms with E-state index in [-0.39, 0.29) is 11.8 Å². The number of hydrogen-bond donors (Lipinski definition) is 1. The molecule has 0 unspecified atom stereocenters. The molecule has 3 aromatic carbocycles. The molecule has 2 heterocycles. The number of amidine groups is 2. The minimum absolute atomic E-state index is 0.0793. The number of aryl methyl sites for hydroxylation is 1. The molecule has 0 aromatic heterocycles. The van der Waals surface area contributed by atoms with Crippen molar-refractivity contribution in [3.63, 3.8) is 0 Å². The summed E-state index contributed by atoms with van der Waals surface area (Å²) in [5.41, 5.74) is 4.63. The minimum atomic E-state index is -0.626. The number of hydrogen-bond acceptors (Lipinski definition) is 5. The molecule has 3 aromatic rings. The molecule has 2 atom stereocenters. The summed E-state index contributed by atoms with van der Waals surface area (Å²) < 4.78 is 0. The van der Waals surface area contributed by atoms with Gasteiger partial charge in [-0.05, 0) is 36.6 Å². The molecular weight excluding hydrogens is 456 g/mol. The highest BCUT2D eigenvalue weighted by Gasteiger charge is 2.43. The Balaban J connectivity index is 1.40. The highest BCUT2D eigenvalue weighted by Crippen LogP contribution is 2.38. The van der Waals surface area contributed by atoms with E-state index >= 15 is 0 Å². The van der Waals surface area contributed by atoms with Gasteiger partial charge in [-0.1, -0.05) is 91.0 Å². The lowest BCUT2D eigenvalue weighted by Gasteiger charge is -2.27. The van der Waals surface area contributed by atoms with Crippen molar-refractivity contribution in [3.05, 3.63) is 101 Å². The normalized spacial score (nSPS) is 17.3. The van der Waals surface area contributed by atoms with Crippen molar-refractivity contribution in [3.8, 4) is 0 Å². The van der Waals surface area contributed by atoms with E-state index < -0.39 is 11.3 Å². The Labute approximate surface area is 209 Å². The number of nitrogens with zero attached hydrogens (tertiary/aromatic N) is 3. The van der Waals surface area contributed by atoms with E-state index in [1.165, 1.54) is 17.3 Å². The molecule has 2 aliphatic rings. The molecule has 5 rings (SSSR count). The van der Waals surface area contributed by atoms with Gasteiger partial charge < -0.3 is 5.32 Å². The van der Waals surface area contributed by atoms with Crippen LogP contribution < -0.4 is 5.32 Å². The van der Waals surface area contributed by atoms with Crippen LogP contribution in [0.25, 0.3) is 0 Å². The summed E-state index contributed by atoms with van der Waals surface area (Å²) in [6.07, 6.45) is 0.599. The Kier molecular flexibility index (Phi) is 6.51. The van der Waals surface area contributed by atoms with Gasteiger partial charge in [0.2, 0.25) is 5.91 Å². The third kappa shape index (κ3) is 4.64.